The molecule has 3 aromatic rings. The molecular weight excluding hydrogens is 460 g/mol. The second-order valence-corrected chi connectivity index (χ2v) is 12.3. The van der Waals surface area contributed by atoms with Gasteiger partial charge in [0, 0.05) is 6.92 Å². The van der Waals surface area contributed by atoms with Gasteiger partial charge < -0.3 is 23.4 Å². The fourth-order valence-corrected chi connectivity index (χ4v) is 8.49. The normalized spacial score (nSPS) is 20.2. The molecule has 3 aromatic carbocycles. The summed E-state index contributed by atoms with van der Waals surface area (Å²) < 4.78 is 24.3. The first-order valence-electron chi connectivity index (χ1n) is 11.6. The van der Waals surface area contributed by atoms with Crippen LogP contribution in [0.1, 0.15) is 20.8 Å². The molecule has 182 valence electrons. The maximum absolute atomic E-state index is 12.1. The molecular formula is C28H30O6Si. The summed E-state index contributed by atoms with van der Waals surface area (Å²) in [7, 11) is -3.03. The summed E-state index contributed by atoms with van der Waals surface area (Å²) in [5.74, 6) is -1.47. The molecule has 1 aliphatic rings. The third-order valence-corrected chi connectivity index (χ3v) is 10.0. The summed E-state index contributed by atoms with van der Waals surface area (Å²) >= 11 is 0. The molecule has 1 fully saturated rings. The zero-order valence-electron chi connectivity index (χ0n) is 20.1. The number of esters is 1. The average Bonchev–Trinajstić information content (AvgIpc) is 3.20. The standard InChI is InChI=1S/C28H30O6Si/c1-21(30)32-26(27-25(19-29)33-28(2,3)34-27)20-31-35(22-13-7-4-8-14-22,23-15-9-5-10-16-23)24-17-11-6-12-18-24/h4-19,25-27H,20H2,1-3H3/t25-,26-,27+/m1/s1. The van der Waals surface area contributed by atoms with Crippen molar-refractivity contribution in [2.45, 2.75) is 44.9 Å². The van der Waals surface area contributed by atoms with E-state index in [9.17, 15) is 9.59 Å². The number of rotatable bonds is 9. The number of hydrogen-bond donors (Lipinski definition) is 0. The average molecular weight is 491 g/mol. The number of benzene rings is 3. The van der Waals surface area contributed by atoms with Crippen LogP contribution in [0.3, 0.4) is 0 Å². The van der Waals surface area contributed by atoms with Gasteiger partial charge in [-0.15, -0.1) is 0 Å². The van der Waals surface area contributed by atoms with Gasteiger partial charge in [0.2, 0.25) is 0 Å². The molecule has 0 radical (unpaired) electrons. The van der Waals surface area contributed by atoms with E-state index in [4.69, 9.17) is 18.6 Å². The minimum absolute atomic E-state index is 0.0267. The molecule has 35 heavy (non-hydrogen) atoms. The van der Waals surface area contributed by atoms with Crippen LogP contribution in [0.25, 0.3) is 0 Å². The predicted molar refractivity (Wildman–Crippen MR) is 135 cm³/mol. The van der Waals surface area contributed by atoms with Crippen LogP contribution in [-0.4, -0.2) is 51.3 Å². The van der Waals surface area contributed by atoms with Crippen molar-refractivity contribution in [2.24, 2.45) is 0 Å². The highest BCUT2D eigenvalue weighted by molar-refractivity contribution is 7.07. The molecule has 0 bridgehead atoms. The van der Waals surface area contributed by atoms with Gasteiger partial charge in [-0.1, -0.05) is 91.0 Å². The van der Waals surface area contributed by atoms with Crippen LogP contribution in [0, 0.1) is 0 Å². The Morgan fingerprint density at radius 1 is 0.886 bits per heavy atom. The van der Waals surface area contributed by atoms with Crippen LogP contribution in [0.4, 0.5) is 0 Å². The Bertz CT molecular complexity index is 1020. The highest BCUT2D eigenvalue weighted by atomic mass is 28.4. The van der Waals surface area contributed by atoms with Crippen molar-refractivity contribution in [1.29, 1.82) is 0 Å². The molecule has 0 aromatic heterocycles. The van der Waals surface area contributed by atoms with Crippen molar-refractivity contribution in [3.05, 3.63) is 91.0 Å². The van der Waals surface area contributed by atoms with E-state index in [1.807, 2.05) is 54.6 Å². The number of aldehydes is 1. The van der Waals surface area contributed by atoms with Crippen molar-refractivity contribution in [3.8, 4) is 0 Å². The predicted octanol–water partition coefficient (Wildman–Crippen LogP) is 2.32. The molecule has 0 aliphatic carbocycles. The number of ether oxygens (including phenoxy) is 3. The summed E-state index contributed by atoms with van der Waals surface area (Å²) in [4.78, 5) is 23.8. The van der Waals surface area contributed by atoms with E-state index in [2.05, 4.69) is 36.4 Å². The Hall–Kier alpha value is -3.10. The van der Waals surface area contributed by atoms with Gasteiger partial charge >= 0.3 is 5.97 Å². The minimum Gasteiger partial charge on any atom is -0.457 e. The zero-order valence-corrected chi connectivity index (χ0v) is 21.1. The van der Waals surface area contributed by atoms with Crippen molar-refractivity contribution < 1.29 is 28.2 Å². The van der Waals surface area contributed by atoms with Gasteiger partial charge in [-0.3, -0.25) is 4.79 Å². The first-order chi connectivity index (χ1) is 16.9. The molecule has 1 aliphatic heterocycles. The molecule has 0 N–H and O–H groups in total. The SMILES string of the molecule is CC(=O)O[C@H](CO[Si](c1ccccc1)(c1ccccc1)c1ccccc1)[C@H]1OC(C)(C)O[C@@H]1C=O. The lowest BCUT2D eigenvalue weighted by Gasteiger charge is -2.35. The second-order valence-electron chi connectivity index (χ2n) is 8.94. The monoisotopic (exact) mass is 490 g/mol. The summed E-state index contributed by atoms with van der Waals surface area (Å²) in [5, 5.41) is 3.15. The van der Waals surface area contributed by atoms with E-state index in [0.717, 1.165) is 15.6 Å². The Morgan fingerprint density at radius 2 is 1.34 bits per heavy atom. The second kappa shape index (κ2) is 10.7. The van der Waals surface area contributed by atoms with Crippen LogP contribution in [0.15, 0.2) is 91.0 Å². The topological polar surface area (TPSA) is 71.1 Å². The Kier molecular flexibility index (Phi) is 7.62. The molecule has 7 heteroatoms. The van der Waals surface area contributed by atoms with Crippen molar-refractivity contribution >= 4 is 36.1 Å². The fraction of sp³-hybridized carbons (Fsp3) is 0.286. The Morgan fingerprint density at radius 3 is 1.74 bits per heavy atom. The molecule has 4 rings (SSSR count). The minimum atomic E-state index is -3.03. The van der Waals surface area contributed by atoms with E-state index in [-0.39, 0.29) is 6.61 Å². The van der Waals surface area contributed by atoms with E-state index >= 15 is 0 Å². The molecule has 1 saturated heterocycles. The molecule has 0 unspecified atom stereocenters. The van der Waals surface area contributed by atoms with Gasteiger partial charge in [0.15, 0.2) is 18.2 Å². The molecule has 0 amide bonds. The summed E-state index contributed by atoms with van der Waals surface area (Å²) in [6.07, 6.45) is -1.82. The van der Waals surface area contributed by atoms with Gasteiger partial charge in [0.1, 0.15) is 12.2 Å². The summed E-state index contributed by atoms with van der Waals surface area (Å²) in [6, 6.07) is 30.3. The van der Waals surface area contributed by atoms with Crippen molar-refractivity contribution in [3.63, 3.8) is 0 Å². The smallest absolute Gasteiger partial charge is 0.303 e. The highest BCUT2D eigenvalue weighted by Gasteiger charge is 2.49. The molecule has 0 spiro atoms. The highest BCUT2D eigenvalue weighted by Crippen LogP contribution is 2.30. The van der Waals surface area contributed by atoms with Gasteiger partial charge in [-0.05, 0) is 29.4 Å². The zero-order chi connectivity index (χ0) is 24.9. The quantitative estimate of drug-likeness (QED) is 0.198. The van der Waals surface area contributed by atoms with Crippen LogP contribution >= 0.6 is 0 Å². The number of carbonyl (C=O) groups is 2. The van der Waals surface area contributed by atoms with Crippen molar-refractivity contribution in [2.75, 3.05) is 6.61 Å². The van der Waals surface area contributed by atoms with Gasteiger partial charge in [0.25, 0.3) is 8.32 Å². The Balaban J connectivity index is 1.79. The van der Waals surface area contributed by atoms with Gasteiger partial charge in [0.05, 0.1) is 6.61 Å². The maximum Gasteiger partial charge on any atom is 0.303 e. The molecule has 3 atom stereocenters. The lowest BCUT2D eigenvalue weighted by molar-refractivity contribution is -0.172. The van der Waals surface area contributed by atoms with Gasteiger partial charge in [-0.2, -0.15) is 0 Å². The Labute approximate surface area is 206 Å². The maximum atomic E-state index is 12.1. The summed E-state index contributed by atoms with van der Waals surface area (Å²) in [6.45, 7) is 4.82. The lowest BCUT2D eigenvalue weighted by Crippen LogP contribution is -2.70. The van der Waals surface area contributed by atoms with E-state index in [0.29, 0.717) is 6.29 Å². The fourth-order valence-electron chi connectivity index (χ4n) is 4.59. The van der Waals surface area contributed by atoms with Crippen molar-refractivity contribution in [1.82, 2.24) is 0 Å². The molecule has 6 nitrogen and oxygen atoms in total. The van der Waals surface area contributed by atoms with Crippen LogP contribution in [-0.2, 0) is 28.2 Å². The molecule has 0 saturated carbocycles. The van der Waals surface area contributed by atoms with E-state index in [1.165, 1.54) is 6.92 Å². The lowest BCUT2D eigenvalue weighted by atomic mass is 10.1. The van der Waals surface area contributed by atoms with Crippen LogP contribution in [0.2, 0.25) is 0 Å². The third kappa shape index (κ3) is 5.44. The third-order valence-electron chi connectivity index (χ3n) is 5.99. The first-order valence-corrected chi connectivity index (χ1v) is 13.6. The summed E-state index contributed by atoms with van der Waals surface area (Å²) in [5.41, 5.74) is 0. The van der Waals surface area contributed by atoms with E-state index < -0.39 is 38.4 Å². The van der Waals surface area contributed by atoms with E-state index in [1.54, 1.807) is 13.8 Å². The largest absolute Gasteiger partial charge is 0.457 e. The molecule has 1 heterocycles. The van der Waals surface area contributed by atoms with Crippen LogP contribution < -0.4 is 15.6 Å². The number of hydrogen-bond acceptors (Lipinski definition) is 6. The van der Waals surface area contributed by atoms with Crippen LogP contribution in [0.5, 0.6) is 0 Å². The number of carbonyl (C=O) groups excluding carboxylic acids is 2. The van der Waals surface area contributed by atoms with Gasteiger partial charge in [-0.25, -0.2) is 0 Å². The first kappa shape index (κ1) is 25.0.